The SMILES string of the molecule is c1ccc(-c2cc(-c3ccccc3)nc(-c3cc(-c4cc5ccccc5c5ccccc45)ccc3-c3cnc4oc5ccccc5c4c3)n2)cc1. The molecule has 51 heavy (non-hydrogen) atoms. The zero-order chi connectivity index (χ0) is 33.7. The summed E-state index contributed by atoms with van der Waals surface area (Å²) in [5.41, 5.74) is 10.4. The van der Waals surface area contributed by atoms with E-state index in [0.29, 0.717) is 11.5 Å². The van der Waals surface area contributed by atoms with Gasteiger partial charge in [0, 0.05) is 39.2 Å². The Morgan fingerprint density at radius 3 is 1.75 bits per heavy atom. The topological polar surface area (TPSA) is 51.8 Å². The van der Waals surface area contributed by atoms with Crippen LogP contribution < -0.4 is 0 Å². The first-order chi connectivity index (χ1) is 25.3. The van der Waals surface area contributed by atoms with E-state index in [4.69, 9.17) is 19.4 Å². The van der Waals surface area contributed by atoms with Crippen molar-refractivity contribution in [2.24, 2.45) is 0 Å². The van der Waals surface area contributed by atoms with Crippen molar-refractivity contribution < 1.29 is 4.42 Å². The number of furan rings is 1. The molecular weight excluding hydrogens is 623 g/mol. The maximum atomic E-state index is 6.10. The highest BCUT2D eigenvalue weighted by Gasteiger charge is 2.19. The summed E-state index contributed by atoms with van der Waals surface area (Å²) < 4.78 is 6.10. The average molecular weight is 652 g/mol. The van der Waals surface area contributed by atoms with Gasteiger partial charge in [0.1, 0.15) is 5.58 Å². The Kier molecular flexibility index (Phi) is 6.78. The molecule has 10 aromatic rings. The average Bonchev–Trinajstić information content (AvgIpc) is 3.59. The van der Waals surface area contributed by atoms with Crippen LogP contribution >= 0.6 is 0 Å². The van der Waals surface area contributed by atoms with Gasteiger partial charge in [-0.15, -0.1) is 0 Å². The second-order valence-corrected chi connectivity index (χ2v) is 12.8. The monoisotopic (exact) mass is 651 g/mol. The van der Waals surface area contributed by atoms with Crippen LogP contribution in [-0.2, 0) is 0 Å². The molecule has 0 N–H and O–H groups in total. The standard InChI is InChI=1S/C47H29N3O/c1-3-13-30(14-4-1)43-28-44(31-15-5-2-6-16-31)50-46(49-43)41-26-33(40-25-32-17-7-8-18-35(32)37-19-9-10-20-38(37)40)23-24-36(41)34-27-42-39-21-11-12-22-45(39)51-47(42)48-29-34/h1-29H. The lowest BCUT2D eigenvalue weighted by Crippen LogP contribution is -1.98. The molecule has 3 aromatic heterocycles. The molecule has 7 aromatic carbocycles. The van der Waals surface area contributed by atoms with E-state index in [1.54, 1.807) is 0 Å². The predicted molar refractivity (Wildman–Crippen MR) is 209 cm³/mol. The third-order valence-electron chi connectivity index (χ3n) is 9.75. The lowest BCUT2D eigenvalue weighted by atomic mass is 9.90. The Balaban J connectivity index is 1.26. The summed E-state index contributed by atoms with van der Waals surface area (Å²) in [6, 6.07) is 59.2. The van der Waals surface area contributed by atoms with Crippen molar-refractivity contribution in [2.75, 3.05) is 0 Å². The van der Waals surface area contributed by atoms with E-state index in [2.05, 4.69) is 115 Å². The number of fused-ring (bicyclic) bond motifs is 6. The van der Waals surface area contributed by atoms with E-state index < -0.39 is 0 Å². The predicted octanol–water partition coefficient (Wildman–Crippen LogP) is 12.4. The second kappa shape index (κ2) is 11.9. The quantitative estimate of drug-likeness (QED) is 0.174. The van der Waals surface area contributed by atoms with Gasteiger partial charge in [0.25, 0.3) is 0 Å². The number of nitrogens with zero attached hydrogens (tertiary/aromatic N) is 3. The van der Waals surface area contributed by atoms with Gasteiger partial charge in [-0.25, -0.2) is 15.0 Å². The fraction of sp³-hybridized carbons (Fsp3) is 0. The lowest BCUT2D eigenvalue weighted by molar-refractivity contribution is 0.654. The minimum absolute atomic E-state index is 0.620. The molecule has 0 spiro atoms. The highest BCUT2D eigenvalue weighted by atomic mass is 16.3. The number of hydrogen-bond acceptors (Lipinski definition) is 4. The zero-order valence-corrected chi connectivity index (χ0v) is 27.5. The van der Waals surface area contributed by atoms with Crippen LogP contribution in [0.4, 0.5) is 0 Å². The largest absolute Gasteiger partial charge is 0.438 e. The van der Waals surface area contributed by atoms with Gasteiger partial charge in [-0.05, 0) is 68.6 Å². The van der Waals surface area contributed by atoms with Crippen molar-refractivity contribution in [1.82, 2.24) is 15.0 Å². The summed E-state index contributed by atoms with van der Waals surface area (Å²) >= 11 is 0. The number of rotatable bonds is 5. The summed E-state index contributed by atoms with van der Waals surface area (Å²) in [5, 5.41) is 6.89. The first kappa shape index (κ1) is 29.0. The molecule has 0 saturated heterocycles. The summed E-state index contributed by atoms with van der Waals surface area (Å²) in [4.78, 5) is 15.4. The Morgan fingerprint density at radius 2 is 1.00 bits per heavy atom. The van der Waals surface area contributed by atoms with Crippen LogP contribution in [0.5, 0.6) is 0 Å². The molecule has 0 fully saturated rings. The normalized spacial score (nSPS) is 11.5. The van der Waals surface area contributed by atoms with Gasteiger partial charge >= 0.3 is 0 Å². The molecule has 0 atom stereocenters. The minimum Gasteiger partial charge on any atom is -0.438 e. The molecule has 4 nitrogen and oxygen atoms in total. The highest BCUT2D eigenvalue weighted by Crippen LogP contribution is 2.41. The molecule has 0 radical (unpaired) electrons. The summed E-state index contributed by atoms with van der Waals surface area (Å²) in [5.74, 6) is 0.647. The molecule has 0 amide bonds. The summed E-state index contributed by atoms with van der Waals surface area (Å²) in [6.45, 7) is 0. The van der Waals surface area contributed by atoms with Gasteiger partial charge in [0.15, 0.2) is 5.82 Å². The van der Waals surface area contributed by atoms with Gasteiger partial charge in [0.2, 0.25) is 5.71 Å². The van der Waals surface area contributed by atoms with Gasteiger partial charge < -0.3 is 4.42 Å². The van der Waals surface area contributed by atoms with Gasteiger partial charge in [-0.2, -0.15) is 0 Å². The molecule has 4 heteroatoms. The third kappa shape index (κ3) is 5.04. The van der Waals surface area contributed by atoms with Crippen LogP contribution in [0.2, 0.25) is 0 Å². The van der Waals surface area contributed by atoms with Gasteiger partial charge in [0.05, 0.1) is 11.4 Å². The summed E-state index contributed by atoms with van der Waals surface area (Å²) in [6.07, 6.45) is 1.90. The van der Waals surface area contributed by atoms with Crippen LogP contribution in [0.15, 0.2) is 180 Å². The van der Waals surface area contributed by atoms with E-state index in [9.17, 15) is 0 Å². The molecule has 0 bridgehead atoms. The molecule has 0 unspecified atom stereocenters. The molecule has 238 valence electrons. The fourth-order valence-corrected chi connectivity index (χ4v) is 7.28. The molecule has 0 aliphatic rings. The van der Waals surface area contributed by atoms with Gasteiger partial charge in [-0.1, -0.05) is 140 Å². The van der Waals surface area contributed by atoms with Crippen molar-refractivity contribution in [1.29, 1.82) is 0 Å². The van der Waals surface area contributed by atoms with E-state index in [0.717, 1.165) is 66.7 Å². The van der Waals surface area contributed by atoms with Crippen molar-refractivity contribution in [2.45, 2.75) is 0 Å². The Morgan fingerprint density at radius 1 is 0.373 bits per heavy atom. The molecule has 0 aliphatic heterocycles. The Hall–Kier alpha value is -6.91. The van der Waals surface area contributed by atoms with E-state index in [1.807, 2.05) is 60.8 Å². The van der Waals surface area contributed by atoms with Crippen molar-refractivity contribution in [3.8, 4) is 56.2 Å². The maximum absolute atomic E-state index is 6.10. The van der Waals surface area contributed by atoms with Crippen molar-refractivity contribution >= 4 is 43.6 Å². The number of aromatic nitrogens is 3. The van der Waals surface area contributed by atoms with Crippen molar-refractivity contribution in [3.63, 3.8) is 0 Å². The number of para-hydroxylation sites is 1. The van der Waals surface area contributed by atoms with E-state index >= 15 is 0 Å². The Bertz CT molecular complexity index is 2860. The lowest BCUT2D eigenvalue weighted by Gasteiger charge is -2.16. The smallest absolute Gasteiger partial charge is 0.227 e. The molecule has 0 saturated carbocycles. The third-order valence-corrected chi connectivity index (χ3v) is 9.75. The second-order valence-electron chi connectivity index (χ2n) is 12.8. The van der Waals surface area contributed by atoms with E-state index in [1.165, 1.54) is 21.5 Å². The van der Waals surface area contributed by atoms with Gasteiger partial charge in [-0.3, -0.25) is 0 Å². The fourth-order valence-electron chi connectivity index (χ4n) is 7.28. The molecule has 10 rings (SSSR count). The van der Waals surface area contributed by atoms with Crippen LogP contribution in [-0.4, -0.2) is 15.0 Å². The Labute approximate surface area is 294 Å². The van der Waals surface area contributed by atoms with E-state index in [-0.39, 0.29) is 0 Å². The first-order valence-electron chi connectivity index (χ1n) is 17.1. The summed E-state index contributed by atoms with van der Waals surface area (Å²) in [7, 11) is 0. The molecular formula is C47H29N3O. The van der Waals surface area contributed by atoms with Crippen LogP contribution in [0, 0.1) is 0 Å². The van der Waals surface area contributed by atoms with Crippen LogP contribution in [0.1, 0.15) is 0 Å². The number of hydrogen-bond donors (Lipinski definition) is 0. The maximum Gasteiger partial charge on any atom is 0.227 e. The first-order valence-corrected chi connectivity index (χ1v) is 17.1. The minimum atomic E-state index is 0.620. The highest BCUT2D eigenvalue weighted by molar-refractivity contribution is 6.14. The van der Waals surface area contributed by atoms with Crippen LogP contribution in [0.25, 0.3) is 99.8 Å². The van der Waals surface area contributed by atoms with Crippen molar-refractivity contribution in [3.05, 3.63) is 176 Å². The zero-order valence-electron chi connectivity index (χ0n) is 27.5. The molecule has 0 aliphatic carbocycles. The van der Waals surface area contributed by atoms with Crippen LogP contribution in [0.3, 0.4) is 0 Å². The molecule has 3 heterocycles. The number of pyridine rings is 1. The number of benzene rings is 7.